The van der Waals surface area contributed by atoms with Crippen LogP contribution in [-0.2, 0) is 13.0 Å². The molecule has 0 spiro atoms. The van der Waals surface area contributed by atoms with Crippen LogP contribution < -0.4 is 25.0 Å². The highest BCUT2D eigenvalue weighted by Gasteiger charge is 2.08. The van der Waals surface area contributed by atoms with Gasteiger partial charge in [0.2, 0.25) is 0 Å². The van der Waals surface area contributed by atoms with Gasteiger partial charge in [-0.15, -0.1) is 0 Å². The van der Waals surface area contributed by atoms with Gasteiger partial charge >= 0.3 is 0 Å². The molecule has 166 valence electrons. The molecule has 2 N–H and O–H groups in total. The first-order valence-electron chi connectivity index (χ1n) is 11.0. The zero-order valence-electron chi connectivity index (χ0n) is 18.9. The van der Waals surface area contributed by atoms with Crippen molar-refractivity contribution in [2.75, 3.05) is 45.3 Å². The molecular formula is C25H34N4O2. The van der Waals surface area contributed by atoms with Gasteiger partial charge in [0.05, 0.1) is 13.7 Å². The minimum atomic E-state index is 0.626. The van der Waals surface area contributed by atoms with E-state index in [4.69, 9.17) is 9.47 Å². The molecule has 31 heavy (non-hydrogen) atoms. The fourth-order valence-electron chi connectivity index (χ4n) is 3.60. The topological polar surface area (TPSA) is 58.1 Å². The summed E-state index contributed by atoms with van der Waals surface area (Å²) >= 11 is 0. The minimum absolute atomic E-state index is 0.626. The van der Waals surface area contributed by atoms with Crippen LogP contribution in [0.3, 0.4) is 0 Å². The van der Waals surface area contributed by atoms with Gasteiger partial charge in [0, 0.05) is 38.9 Å². The van der Waals surface area contributed by atoms with Crippen LogP contribution in [-0.4, -0.2) is 46.4 Å². The summed E-state index contributed by atoms with van der Waals surface area (Å²) in [6, 6.07) is 14.8. The molecule has 0 atom stereocenters. The third kappa shape index (κ3) is 6.67. The first-order chi connectivity index (χ1) is 15.2. The van der Waals surface area contributed by atoms with E-state index in [1.165, 1.54) is 16.8 Å². The fourth-order valence-corrected chi connectivity index (χ4v) is 3.60. The number of hydrogen-bond donors (Lipinski definition) is 2. The molecule has 0 aliphatic carbocycles. The number of nitrogens with one attached hydrogen (secondary N) is 2. The second-order valence-electron chi connectivity index (χ2n) is 7.42. The molecule has 0 unspecified atom stereocenters. The van der Waals surface area contributed by atoms with Gasteiger partial charge in [0.1, 0.15) is 0 Å². The molecule has 0 saturated heterocycles. The first-order valence-corrected chi connectivity index (χ1v) is 11.0. The molecule has 2 aromatic carbocycles. The monoisotopic (exact) mass is 422 g/mol. The third-order valence-corrected chi connectivity index (χ3v) is 5.24. The van der Waals surface area contributed by atoms with Crippen molar-refractivity contribution in [2.45, 2.75) is 26.3 Å². The standard InChI is InChI=1S/C25H34N4O2/c1-4-31-24-18-20(12-13-23(24)30-3)10-8-14-27-25(26-2)28-19-21-9-7-11-22(17-21)29-15-5-6-16-29/h5-7,9,11-13,17-18H,4,8,10,14-16,19H2,1-3H3,(H2,26,27,28). The Hall–Kier alpha value is -3.15. The first kappa shape index (κ1) is 22.5. The van der Waals surface area contributed by atoms with Crippen molar-refractivity contribution in [3.63, 3.8) is 0 Å². The highest BCUT2D eigenvalue weighted by Crippen LogP contribution is 2.28. The molecular weight excluding hydrogens is 388 g/mol. The van der Waals surface area contributed by atoms with Gasteiger partial charge in [-0.2, -0.15) is 0 Å². The van der Waals surface area contributed by atoms with E-state index in [9.17, 15) is 0 Å². The van der Waals surface area contributed by atoms with E-state index in [0.29, 0.717) is 6.61 Å². The molecule has 3 rings (SSSR count). The Kier molecular flexibility index (Phi) is 8.64. The largest absolute Gasteiger partial charge is 0.493 e. The third-order valence-electron chi connectivity index (χ3n) is 5.24. The van der Waals surface area contributed by atoms with Crippen LogP contribution in [0.4, 0.5) is 5.69 Å². The second-order valence-corrected chi connectivity index (χ2v) is 7.42. The van der Waals surface area contributed by atoms with Crippen LogP contribution in [0.1, 0.15) is 24.5 Å². The van der Waals surface area contributed by atoms with Crippen molar-refractivity contribution >= 4 is 11.6 Å². The molecule has 0 amide bonds. The van der Waals surface area contributed by atoms with Gasteiger partial charge in [-0.1, -0.05) is 30.4 Å². The van der Waals surface area contributed by atoms with Crippen LogP contribution in [0.5, 0.6) is 11.5 Å². The lowest BCUT2D eigenvalue weighted by molar-refractivity contribution is 0.310. The van der Waals surface area contributed by atoms with E-state index in [1.54, 1.807) is 14.2 Å². The lowest BCUT2D eigenvalue weighted by Gasteiger charge is -2.19. The number of methoxy groups -OCH3 is 1. The summed E-state index contributed by atoms with van der Waals surface area (Å²) in [7, 11) is 3.47. The molecule has 0 radical (unpaired) electrons. The van der Waals surface area contributed by atoms with E-state index in [2.05, 4.69) is 69.1 Å². The van der Waals surface area contributed by atoms with Gasteiger partial charge < -0.3 is 25.0 Å². The number of anilines is 1. The Morgan fingerprint density at radius 2 is 1.87 bits per heavy atom. The summed E-state index contributed by atoms with van der Waals surface area (Å²) in [6.45, 7) is 6.16. The van der Waals surface area contributed by atoms with E-state index < -0.39 is 0 Å². The van der Waals surface area contributed by atoms with E-state index >= 15 is 0 Å². The number of hydrogen-bond acceptors (Lipinski definition) is 4. The molecule has 1 aliphatic rings. The Morgan fingerprint density at radius 1 is 1.03 bits per heavy atom. The van der Waals surface area contributed by atoms with Crippen LogP contribution in [0.25, 0.3) is 0 Å². The van der Waals surface area contributed by atoms with Gasteiger partial charge in [0.15, 0.2) is 17.5 Å². The summed E-state index contributed by atoms with van der Waals surface area (Å²) in [5.41, 5.74) is 3.74. The van der Waals surface area contributed by atoms with Gasteiger partial charge in [-0.25, -0.2) is 0 Å². The number of aliphatic imine (C=N–C) groups is 1. The molecule has 2 aromatic rings. The SMILES string of the molecule is CCOc1cc(CCCNC(=NC)NCc2cccc(N3CC=CC3)c2)ccc1OC. The molecule has 6 heteroatoms. The minimum Gasteiger partial charge on any atom is -0.493 e. The zero-order chi connectivity index (χ0) is 21.9. The van der Waals surface area contributed by atoms with Crippen LogP contribution >= 0.6 is 0 Å². The average Bonchev–Trinajstić information content (AvgIpc) is 3.34. The van der Waals surface area contributed by atoms with E-state index in [0.717, 1.165) is 56.5 Å². The van der Waals surface area contributed by atoms with Gasteiger partial charge in [-0.05, 0) is 55.2 Å². The summed E-state index contributed by atoms with van der Waals surface area (Å²) in [5.74, 6) is 2.40. The van der Waals surface area contributed by atoms with Crippen LogP contribution in [0.2, 0.25) is 0 Å². The lowest BCUT2D eigenvalue weighted by Crippen LogP contribution is -2.37. The molecule has 0 aromatic heterocycles. The summed E-state index contributed by atoms with van der Waals surface area (Å²) in [4.78, 5) is 6.70. The predicted molar refractivity (Wildman–Crippen MR) is 128 cm³/mol. The van der Waals surface area contributed by atoms with Gasteiger partial charge in [0.25, 0.3) is 0 Å². The highest BCUT2D eigenvalue weighted by molar-refractivity contribution is 5.79. The van der Waals surface area contributed by atoms with E-state index in [1.807, 2.05) is 13.0 Å². The Balaban J connectivity index is 1.43. The molecule has 0 bridgehead atoms. The van der Waals surface area contributed by atoms with E-state index in [-0.39, 0.29) is 0 Å². The van der Waals surface area contributed by atoms with Crippen LogP contribution in [0, 0.1) is 0 Å². The number of rotatable bonds is 10. The smallest absolute Gasteiger partial charge is 0.191 e. The Morgan fingerprint density at radius 3 is 2.61 bits per heavy atom. The molecule has 0 fully saturated rings. The van der Waals surface area contributed by atoms with Crippen LogP contribution in [0.15, 0.2) is 59.6 Å². The normalized spacial score (nSPS) is 13.4. The number of nitrogens with zero attached hydrogens (tertiary/aromatic N) is 2. The maximum atomic E-state index is 5.67. The van der Waals surface area contributed by atoms with Crippen molar-refractivity contribution in [1.82, 2.24) is 10.6 Å². The van der Waals surface area contributed by atoms with Gasteiger partial charge in [-0.3, -0.25) is 4.99 Å². The molecule has 1 aliphatic heterocycles. The van der Waals surface area contributed by atoms with Crippen molar-refractivity contribution in [1.29, 1.82) is 0 Å². The van der Waals surface area contributed by atoms with Crippen molar-refractivity contribution in [2.24, 2.45) is 4.99 Å². The lowest BCUT2D eigenvalue weighted by atomic mass is 10.1. The number of ether oxygens (including phenoxy) is 2. The molecule has 6 nitrogen and oxygen atoms in total. The highest BCUT2D eigenvalue weighted by atomic mass is 16.5. The number of benzene rings is 2. The second kappa shape index (κ2) is 11.9. The maximum Gasteiger partial charge on any atom is 0.191 e. The molecule has 1 heterocycles. The van der Waals surface area contributed by atoms with Crippen molar-refractivity contribution in [3.8, 4) is 11.5 Å². The summed E-state index contributed by atoms with van der Waals surface area (Å²) < 4.78 is 11.0. The number of guanidine groups is 1. The van der Waals surface area contributed by atoms with Crippen molar-refractivity contribution in [3.05, 3.63) is 65.7 Å². The summed E-state index contributed by atoms with van der Waals surface area (Å²) in [5, 5.41) is 6.82. The fraction of sp³-hybridized carbons (Fsp3) is 0.400. The number of aryl methyl sites for hydroxylation is 1. The molecule has 0 saturated carbocycles. The average molecular weight is 423 g/mol. The quantitative estimate of drug-likeness (QED) is 0.264. The van der Waals surface area contributed by atoms with Crippen molar-refractivity contribution < 1.29 is 9.47 Å². The predicted octanol–water partition coefficient (Wildman–Crippen LogP) is 3.77. The summed E-state index contributed by atoms with van der Waals surface area (Å²) in [6.07, 6.45) is 6.37. The Bertz CT molecular complexity index is 887. The Labute approximate surface area is 186 Å². The maximum absolute atomic E-state index is 5.67. The zero-order valence-corrected chi connectivity index (χ0v) is 18.9.